The van der Waals surface area contributed by atoms with Crippen LogP contribution in [-0.4, -0.2) is 9.97 Å². The van der Waals surface area contributed by atoms with Crippen LogP contribution < -0.4 is 0 Å². The van der Waals surface area contributed by atoms with Gasteiger partial charge in [-0.3, -0.25) is 0 Å². The molecular formula is C58H40N2. The molecule has 0 aliphatic carbocycles. The van der Waals surface area contributed by atoms with Crippen LogP contribution in [0.5, 0.6) is 0 Å². The lowest BCUT2D eigenvalue weighted by Gasteiger charge is -2.25. The number of benzene rings is 9. The number of hydrogen-bond acceptors (Lipinski definition) is 2. The standard InChI is InChI=1S/C58H40N2/c1-7-22-41(23-8-1)47-34-21-35-48(38-47)53-40-54(60-58(59-53)46-32-17-6-18-33-46)50-37-20-19-36-49(50)52-39-51(42-24-9-2-10-25-42)55(43-26-11-3-12-27-43)57(45-30-15-5-16-31-45)56(52)44-28-13-4-14-29-44/h1-40H. The van der Waals surface area contributed by atoms with E-state index in [0.29, 0.717) is 5.82 Å². The molecule has 0 N–H and O–H groups in total. The van der Waals surface area contributed by atoms with Crippen LogP contribution in [-0.2, 0) is 0 Å². The quantitative estimate of drug-likeness (QED) is 0.146. The van der Waals surface area contributed by atoms with Crippen LogP contribution in [0.1, 0.15) is 0 Å². The number of rotatable bonds is 9. The summed E-state index contributed by atoms with van der Waals surface area (Å²) in [7, 11) is 0. The van der Waals surface area contributed by atoms with Gasteiger partial charge in [0.15, 0.2) is 5.82 Å². The zero-order valence-corrected chi connectivity index (χ0v) is 33.0. The average molecular weight is 765 g/mol. The van der Waals surface area contributed by atoms with Gasteiger partial charge in [-0.2, -0.15) is 0 Å². The Hall–Kier alpha value is -7.94. The Morgan fingerprint density at radius 1 is 0.200 bits per heavy atom. The minimum Gasteiger partial charge on any atom is -0.228 e. The molecule has 1 heterocycles. The monoisotopic (exact) mass is 764 g/mol. The van der Waals surface area contributed by atoms with Gasteiger partial charge in [-0.15, -0.1) is 0 Å². The summed E-state index contributed by atoms with van der Waals surface area (Å²) in [5, 5.41) is 0. The summed E-state index contributed by atoms with van der Waals surface area (Å²) < 4.78 is 0. The number of aromatic nitrogens is 2. The third kappa shape index (κ3) is 7.23. The number of nitrogens with zero attached hydrogens (tertiary/aromatic N) is 2. The molecule has 0 atom stereocenters. The van der Waals surface area contributed by atoms with Crippen LogP contribution in [0.2, 0.25) is 0 Å². The van der Waals surface area contributed by atoms with Crippen molar-refractivity contribution >= 4 is 0 Å². The van der Waals surface area contributed by atoms with E-state index in [4.69, 9.17) is 9.97 Å². The first-order chi connectivity index (χ1) is 29.8. The summed E-state index contributed by atoms with van der Waals surface area (Å²) in [6.07, 6.45) is 0. The molecular weight excluding hydrogens is 725 g/mol. The van der Waals surface area contributed by atoms with E-state index in [9.17, 15) is 0 Å². The van der Waals surface area contributed by atoms with Crippen molar-refractivity contribution in [1.82, 2.24) is 9.97 Å². The Morgan fingerprint density at radius 3 is 1.17 bits per heavy atom. The van der Waals surface area contributed by atoms with Gasteiger partial charge in [-0.1, -0.05) is 224 Å². The fourth-order valence-electron chi connectivity index (χ4n) is 8.32. The Kier molecular flexibility index (Phi) is 10.0. The van der Waals surface area contributed by atoms with Gasteiger partial charge in [0.2, 0.25) is 0 Å². The number of hydrogen-bond donors (Lipinski definition) is 0. The molecule has 0 fully saturated rings. The zero-order valence-electron chi connectivity index (χ0n) is 33.0. The molecule has 60 heavy (non-hydrogen) atoms. The molecule has 0 unspecified atom stereocenters. The van der Waals surface area contributed by atoms with Crippen LogP contribution in [0.3, 0.4) is 0 Å². The maximum absolute atomic E-state index is 5.38. The molecule has 0 amide bonds. The van der Waals surface area contributed by atoms with E-state index in [-0.39, 0.29) is 0 Å². The van der Waals surface area contributed by atoms with Crippen molar-refractivity contribution in [3.8, 4) is 101 Å². The van der Waals surface area contributed by atoms with Crippen LogP contribution in [0.4, 0.5) is 0 Å². The summed E-state index contributed by atoms with van der Waals surface area (Å²) in [6.45, 7) is 0. The molecule has 2 nitrogen and oxygen atoms in total. The van der Waals surface area contributed by atoms with Gasteiger partial charge < -0.3 is 0 Å². The fraction of sp³-hybridized carbons (Fsp3) is 0. The molecule has 0 aliphatic heterocycles. The molecule has 0 aliphatic rings. The second-order valence-corrected chi connectivity index (χ2v) is 14.9. The molecule has 0 radical (unpaired) electrons. The molecule has 282 valence electrons. The van der Waals surface area contributed by atoms with E-state index < -0.39 is 0 Å². The summed E-state index contributed by atoms with van der Waals surface area (Å²) in [6, 6.07) is 86.1. The lowest BCUT2D eigenvalue weighted by Crippen LogP contribution is -2.00. The zero-order chi connectivity index (χ0) is 40.1. The van der Waals surface area contributed by atoms with Crippen LogP contribution in [0, 0.1) is 0 Å². The van der Waals surface area contributed by atoms with Crippen molar-refractivity contribution in [2.24, 2.45) is 0 Å². The Bertz CT molecular complexity index is 3040. The Morgan fingerprint density at radius 2 is 0.600 bits per heavy atom. The van der Waals surface area contributed by atoms with Gasteiger partial charge in [0.25, 0.3) is 0 Å². The van der Waals surface area contributed by atoms with Crippen LogP contribution >= 0.6 is 0 Å². The molecule has 0 saturated carbocycles. The second-order valence-electron chi connectivity index (χ2n) is 14.9. The lowest BCUT2D eigenvalue weighted by atomic mass is 9.78. The molecule has 0 saturated heterocycles. The summed E-state index contributed by atoms with van der Waals surface area (Å²) in [5.74, 6) is 0.681. The van der Waals surface area contributed by atoms with Crippen molar-refractivity contribution in [3.05, 3.63) is 243 Å². The van der Waals surface area contributed by atoms with Gasteiger partial charge in [0.05, 0.1) is 11.4 Å². The molecule has 2 heteroatoms. The van der Waals surface area contributed by atoms with Gasteiger partial charge in [0, 0.05) is 16.7 Å². The Labute approximate surface area is 351 Å². The maximum Gasteiger partial charge on any atom is 0.160 e. The molecule has 0 bridgehead atoms. The molecule has 0 spiro atoms. The maximum atomic E-state index is 5.38. The highest BCUT2D eigenvalue weighted by molar-refractivity contribution is 6.08. The van der Waals surface area contributed by atoms with Gasteiger partial charge in [-0.05, 0) is 85.0 Å². The van der Waals surface area contributed by atoms with E-state index in [1.54, 1.807) is 0 Å². The van der Waals surface area contributed by atoms with E-state index >= 15 is 0 Å². The third-order valence-corrected chi connectivity index (χ3v) is 11.1. The first-order valence-electron chi connectivity index (χ1n) is 20.4. The van der Waals surface area contributed by atoms with E-state index in [1.807, 2.05) is 18.2 Å². The first-order valence-corrected chi connectivity index (χ1v) is 20.4. The minimum atomic E-state index is 0.681. The minimum absolute atomic E-state index is 0.681. The highest BCUT2D eigenvalue weighted by Gasteiger charge is 2.25. The smallest absolute Gasteiger partial charge is 0.160 e. The van der Waals surface area contributed by atoms with Crippen molar-refractivity contribution in [2.45, 2.75) is 0 Å². The summed E-state index contributed by atoms with van der Waals surface area (Å²) in [4.78, 5) is 10.6. The van der Waals surface area contributed by atoms with Crippen LogP contribution in [0.15, 0.2) is 243 Å². The molecule has 1 aromatic heterocycles. The first kappa shape index (κ1) is 36.4. The van der Waals surface area contributed by atoms with E-state index in [2.05, 4.69) is 224 Å². The van der Waals surface area contributed by atoms with E-state index in [0.717, 1.165) is 78.1 Å². The highest BCUT2D eigenvalue weighted by atomic mass is 14.9. The predicted octanol–water partition coefficient (Wildman–Crippen LogP) is 15.5. The highest BCUT2D eigenvalue weighted by Crippen LogP contribution is 2.51. The van der Waals surface area contributed by atoms with Crippen molar-refractivity contribution in [3.63, 3.8) is 0 Å². The normalized spacial score (nSPS) is 11.0. The Balaban J connectivity index is 1.28. The van der Waals surface area contributed by atoms with Gasteiger partial charge >= 0.3 is 0 Å². The average Bonchev–Trinajstić information content (AvgIpc) is 3.35. The van der Waals surface area contributed by atoms with Crippen LogP contribution in [0.25, 0.3) is 101 Å². The lowest BCUT2D eigenvalue weighted by molar-refractivity contribution is 1.18. The largest absolute Gasteiger partial charge is 0.228 e. The summed E-state index contributed by atoms with van der Waals surface area (Å²) >= 11 is 0. The topological polar surface area (TPSA) is 25.8 Å². The third-order valence-electron chi connectivity index (χ3n) is 11.1. The SMILES string of the molecule is c1ccc(-c2cccc(-c3cc(-c4ccccc4-c4cc(-c5ccccc5)c(-c5ccccc5)c(-c5ccccc5)c4-c4ccccc4)nc(-c4ccccc4)n3)c2)cc1. The molecule has 10 rings (SSSR count). The van der Waals surface area contributed by atoms with Gasteiger partial charge in [-0.25, -0.2) is 9.97 Å². The second kappa shape index (κ2) is 16.5. The summed E-state index contributed by atoms with van der Waals surface area (Å²) in [5.41, 5.74) is 18.6. The van der Waals surface area contributed by atoms with Crippen molar-refractivity contribution in [1.29, 1.82) is 0 Å². The van der Waals surface area contributed by atoms with Gasteiger partial charge in [0.1, 0.15) is 0 Å². The van der Waals surface area contributed by atoms with Crippen molar-refractivity contribution < 1.29 is 0 Å². The van der Waals surface area contributed by atoms with Crippen molar-refractivity contribution in [2.75, 3.05) is 0 Å². The fourth-order valence-corrected chi connectivity index (χ4v) is 8.32. The van der Waals surface area contributed by atoms with E-state index in [1.165, 1.54) is 16.7 Å². The molecule has 9 aromatic carbocycles. The molecule has 10 aromatic rings. The predicted molar refractivity (Wildman–Crippen MR) is 251 cm³/mol.